The van der Waals surface area contributed by atoms with Crippen molar-refractivity contribution in [3.05, 3.63) is 0 Å². The minimum Gasteiger partial charge on any atom is -0.396 e. The third kappa shape index (κ3) is 9.66. The Balaban J connectivity index is 3.11. The number of hydrogen-bond donors (Lipinski definition) is 2. The Morgan fingerprint density at radius 3 is 3.00 bits per heavy atom. The number of rotatable bonds is 8. The number of carbonyl (C=O) groups is 1. The number of thioether (sulfide) groups is 1. The van der Waals surface area contributed by atoms with E-state index in [2.05, 4.69) is 5.32 Å². The summed E-state index contributed by atoms with van der Waals surface area (Å²) in [7, 11) is 1.60. The first kappa shape index (κ1) is 12.7. The summed E-state index contributed by atoms with van der Waals surface area (Å²) in [6.45, 7) is 1.31. The Bertz CT molecular complexity index is 133. The lowest BCUT2D eigenvalue weighted by atomic mass is 10.5. The second kappa shape index (κ2) is 9.83. The van der Waals surface area contributed by atoms with Gasteiger partial charge in [0.05, 0.1) is 12.4 Å². The lowest BCUT2D eigenvalue weighted by Gasteiger charge is -2.03. The van der Waals surface area contributed by atoms with Crippen molar-refractivity contribution in [2.45, 2.75) is 6.42 Å². The zero-order valence-corrected chi connectivity index (χ0v) is 8.73. The van der Waals surface area contributed by atoms with Crippen molar-refractivity contribution in [3.63, 3.8) is 0 Å². The number of nitrogens with one attached hydrogen (secondary N) is 1. The summed E-state index contributed by atoms with van der Waals surface area (Å²) in [4.78, 5) is 11.0. The zero-order valence-electron chi connectivity index (χ0n) is 7.91. The van der Waals surface area contributed by atoms with E-state index >= 15 is 0 Å². The summed E-state index contributed by atoms with van der Waals surface area (Å²) in [5.74, 6) is 1.32. The van der Waals surface area contributed by atoms with Gasteiger partial charge in [-0.05, 0) is 12.2 Å². The molecule has 0 heterocycles. The maximum Gasteiger partial charge on any atom is 0.230 e. The second-order valence-corrected chi connectivity index (χ2v) is 3.58. The molecule has 0 unspecified atom stereocenters. The van der Waals surface area contributed by atoms with Gasteiger partial charge in [-0.3, -0.25) is 4.79 Å². The average Bonchev–Trinajstić information content (AvgIpc) is 2.13. The van der Waals surface area contributed by atoms with Gasteiger partial charge in [0.25, 0.3) is 0 Å². The molecule has 0 aliphatic carbocycles. The van der Waals surface area contributed by atoms with Crippen LogP contribution in [-0.2, 0) is 9.53 Å². The highest BCUT2D eigenvalue weighted by Crippen LogP contribution is 2.00. The monoisotopic (exact) mass is 207 g/mol. The molecule has 0 saturated carbocycles. The van der Waals surface area contributed by atoms with E-state index in [0.717, 1.165) is 12.2 Å². The molecule has 0 saturated heterocycles. The van der Waals surface area contributed by atoms with Crippen molar-refractivity contribution in [2.75, 3.05) is 38.4 Å². The van der Waals surface area contributed by atoms with Crippen molar-refractivity contribution in [1.29, 1.82) is 0 Å². The summed E-state index contributed by atoms with van der Waals surface area (Å²) in [5.41, 5.74) is 0. The molecule has 4 nitrogen and oxygen atoms in total. The summed E-state index contributed by atoms with van der Waals surface area (Å²) >= 11 is 1.53. The molecule has 0 atom stereocenters. The van der Waals surface area contributed by atoms with Gasteiger partial charge in [0.2, 0.25) is 5.91 Å². The fraction of sp³-hybridized carbons (Fsp3) is 0.875. The van der Waals surface area contributed by atoms with Crippen LogP contribution in [0.25, 0.3) is 0 Å². The Hall–Kier alpha value is -0.260. The number of aliphatic hydroxyl groups excluding tert-OH is 1. The number of amides is 1. The van der Waals surface area contributed by atoms with Crippen molar-refractivity contribution >= 4 is 17.7 Å². The van der Waals surface area contributed by atoms with E-state index in [9.17, 15) is 4.79 Å². The molecule has 0 aromatic rings. The molecule has 78 valence electrons. The van der Waals surface area contributed by atoms with Crippen LogP contribution in [0.3, 0.4) is 0 Å². The first-order valence-electron chi connectivity index (χ1n) is 4.25. The van der Waals surface area contributed by atoms with Crippen LogP contribution in [0.4, 0.5) is 0 Å². The fourth-order valence-electron chi connectivity index (χ4n) is 0.675. The number of ether oxygens (including phenoxy) is 1. The molecule has 0 spiro atoms. The maximum atomic E-state index is 11.0. The molecular formula is C8H17NO3S. The topological polar surface area (TPSA) is 58.6 Å². The van der Waals surface area contributed by atoms with Gasteiger partial charge in [-0.25, -0.2) is 0 Å². The van der Waals surface area contributed by atoms with E-state index < -0.39 is 0 Å². The molecular weight excluding hydrogens is 190 g/mol. The molecule has 0 fully saturated rings. The first-order valence-corrected chi connectivity index (χ1v) is 5.41. The van der Waals surface area contributed by atoms with Gasteiger partial charge >= 0.3 is 0 Å². The lowest BCUT2D eigenvalue weighted by molar-refractivity contribution is -0.118. The molecule has 1 amide bonds. The van der Waals surface area contributed by atoms with E-state index in [-0.39, 0.29) is 12.5 Å². The number of carbonyl (C=O) groups excluding carboxylic acids is 1. The highest BCUT2D eigenvalue weighted by molar-refractivity contribution is 7.99. The SMILES string of the molecule is COCCNC(=O)CSCCCO. The highest BCUT2D eigenvalue weighted by atomic mass is 32.2. The molecule has 0 aromatic carbocycles. The van der Waals surface area contributed by atoms with Crippen LogP contribution < -0.4 is 5.32 Å². The van der Waals surface area contributed by atoms with Crippen LogP contribution in [0, 0.1) is 0 Å². The minimum atomic E-state index is 0.0278. The Labute approximate surface area is 83.0 Å². The van der Waals surface area contributed by atoms with Gasteiger partial charge in [-0.1, -0.05) is 0 Å². The Morgan fingerprint density at radius 1 is 1.62 bits per heavy atom. The fourth-order valence-corrected chi connectivity index (χ4v) is 1.44. The third-order valence-corrected chi connectivity index (χ3v) is 2.35. The van der Waals surface area contributed by atoms with Crippen LogP contribution in [0.2, 0.25) is 0 Å². The smallest absolute Gasteiger partial charge is 0.230 e. The van der Waals surface area contributed by atoms with Crippen molar-refractivity contribution in [1.82, 2.24) is 5.32 Å². The van der Waals surface area contributed by atoms with Gasteiger partial charge in [0, 0.05) is 20.3 Å². The van der Waals surface area contributed by atoms with Crippen molar-refractivity contribution in [3.8, 4) is 0 Å². The molecule has 0 bridgehead atoms. The molecule has 0 aliphatic heterocycles. The Kier molecular flexibility index (Phi) is 9.63. The van der Waals surface area contributed by atoms with Gasteiger partial charge in [0.15, 0.2) is 0 Å². The number of hydrogen-bond acceptors (Lipinski definition) is 4. The Morgan fingerprint density at radius 2 is 2.38 bits per heavy atom. The van der Waals surface area contributed by atoms with Crippen molar-refractivity contribution in [2.24, 2.45) is 0 Å². The maximum absolute atomic E-state index is 11.0. The van der Waals surface area contributed by atoms with E-state index in [1.807, 2.05) is 0 Å². The molecule has 0 aliphatic rings. The molecule has 5 heteroatoms. The summed E-state index contributed by atoms with van der Waals surface area (Å²) < 4.78 is 4.78. The predicted octanol–water partition coefficient (Wildman–Crippen LogP) is -0.135. The van der Waals surface area contributed by atoms with Crippen molar-refractivity contribution < 1.29 is 14.6 Å². The number of aliphatic hydroxyl groups is 1. The van der Waals surface area contributed by atoms with E-state index in [1.54, 1.807) is 7.11 Å². The quantitative estimate of drug-likeness (QED) is 0.544. The second-order valence-electron chi connectivity index (χ2n) is 2.47. The predicted molar refractivity (Wildman–Crippen MR) is 53.9 cm³/mol. The van der Waals surface area contributed by atoms with E-state index in [1.165, 1.54) is 11.8 Å². The molecule has 0 rings (SSSR count). The molecule has 13 heavy (non-hydrogen) atoms. The van der Waals surface area contributed by atoms with Crippen LogP contribution in [-0.4, -0.2) is 49.4 Å². The number of methoxy groups -OCH3 is 1. The largest absolute Gasteiger partial charge is 0.396 e. The normalized spacial score (nSPS) is 10.0. The van der Waals surface area contributed by atoms with E-state index in [4.69, 9.17) is 9.84 Å². The third-order valence-electron chi connectivity index (χ3n) is 1.31. The molecule has 0 aromatic heterocycles. The van der Waals surface area contributed by atoms with Gasteiger partial charge < -0.3 is 15.2 Å². The first-order chi connectivity index (χ1) is 6.31. The van der Waals surface area contributed by atoms with Crippen LogP contribution >= 0.6 is 11.8 Å². The standard InChI is InChI=1S/C8H17NO3S/c1-12-5-3-9-8(11)7-13-6-2-4-10/h10H,2-7H2,1H3,(H,9,11). The summed E-state index contributed by atoms with van der Waals surface area (Å²) in [5, 5.41) is 11.2. The van der Waals surface area contributed by atoms with Gasteiger partial charge in [-0.2, -0.15) is 11.8 Å². The average molecular weight is 207 g/mol. The van der Waals surface area contributed by atoms with Crippen LogP contribution in [0.15, 0.2) is 0 Å². The molecule has 2 N–H and O–H groups in total. The highest BCUT2D eigenvalue weighted by Gasteiger charge is 1.99. The molecule has 0 radical (unpaired) electrons. The van der Waals surface area contributed by atoms with Gasteiger partial charge in [-0.15, -0.1) is 0 Å². The minimum absolute atomic E-state index is 0.0278. The van der Waals surface area contributed by atoms with Gasteiger partial charge in [0.1, 0.15) is 0 Å². The zero-order chi connectivity index (χ0) is 9.94. The summed E-state index contributed by atoms with van der Waals surface area (Å²) in [6.07, 6.45) is 0.746. The van der Waals surface area contributed by atoms with Crippen LogP contribution in [0.5, 0.6) is 0 Å². The summed E-state index contributed by atoms with van der Waals surface area (Å²) in [6, 6.07) is 0. The van der Waals surface area contributed by atoms with Crippen LogP contribution in [0.1, 0.15) is 6.42 Å². The van der Waals surface area contributed by atoms with E-state index in [0.29, 0.717) is 18.9 Å². The lowest BCUT2D eigenvalue weighted by Crippen LogP contribution is -2.28.